The highest BCUT2D eigenvalue weighted by Crippen LogP contribution is 2.17. The number of hydrazone groups is 1. The molecule has 0 spiro atoms. The van der Waals surface area contributed by atoms with E-state index < -0.39 is 4.92 Å². The molecule has 0 radical (unpaired) electrons. The van der Waals surface area contributed by atoms with E-state index in [9.17, 15) is 14.9 Å². The number of nitro benzene ring substituents is 1. The number of nitro groups is 1. The summed E-state index contributed by atoms with van der Waals surface area (Å²) in [6.07, 6.45) is 1.42. The Kier molecular flexibility index (Phi) is 5.00. The molecule has 1 amide bonds. The van der Waals surface area contributed by atoms with Crippen LogP contribution in [0.4, 0.5) is 5.69 Å². The third-order valence-corrected chi connectivity index (χ3v) is 3.77. The summed E-state index contributed by atoms with van der Waals surface area (Å²) in [5.41, 5.74) is 4.58. The Morgan fingerprint density at radius 2 is 1.95 bits per heavy atom. The van der Waals surface area contributed by atoms with Crippen molar-refractivity contribution in [2.24, 2.45) is 5.10 Å². The number of amides is 1. The quantitative estimate of drug-likeness (QED) is 0.514. The zero-order valence-electron chi connectivity index (χ0n) is 11.6. The van der Waals surface area contributed by atoms with Crippen LogP contribution in [0.1, 0.15) is 21.5 Å². The number of carbonyl (C=O) groups is 1. The molecular formula is C15H12BrN3O3. The minimum Gasteiger partial charge on any atom is -0.267 e. The van der Waals surface area contributed by atoms with Crippen LogP contribution in [0.5, 0.6) is 0 Å². The van der Waals surface area contributed by atoms with Crippen molar-refractivity contribution in [1.82, 2.24) is 5.43 Å². The molecule has 1 N–H and O–H groups in total. The number of benzene rings is 2. The Morgan fingerprint density at radius 3 is 2.55 bits per heavy atom. The summed E-state index contributed by atoms with van der Waals surface area (Å²) in [5, 5.41) is 14.4. The first-order chi connectivity index (χ1) is 10.5. The molecule has 0 atom stereocenters. The molecule has 2 aromatic carbocycles. The lowest BCUT2D eigenvalue weighted by Crippen LogP contribution is -2.17. The smallest absolute Gasteiger partial charge is 0.267 e. The van der Waals surface area contributed by atoms with E-state index in [2.05, 4.69) is 26.5 Å². The molecule has 0 aliphatic heterocycles. The molecule has 7 heteroatoms. The van der Waals surface area contributed by atoms with E-state index in [1.54, 1.807) is 24.3 Å². The summed E-state index contributed by atoms with van der Waals surface area (Å²) in [4.78, 5) is 22.0. The lowest BCUT2D eigenvalue weighted by molar-refractivity contribution is -0.384. The minimum atomic E-state index is -0.474. The largest absolute Gasteiger partial charge is 0.271 e. The van der Waals surface area contributed by atoms with Gasteiger partial charge in [0.25, 0.3) is 11.6 Å². The summed E-state index contributed by atoms with van der Waals surface area (Å²) in [6.45, 7) is 1.93. The summed E-state index contributed by atoms with van der Waals surface area (Å²) in [7, 11) is 0. The number of halogens is 1. The van der Waals surface area contributed by atoms with Crippen LogP contribution in [0.3, 0.4) is 0 Å². The SMILES string of the molecule is Cc1ccc(C(=O)N/N=C/c2ccc([N+](=O)[O-])cc2)cc1Br. The first-order valence-electron chi connectivity index (χ1n) is 6.31. The molecule has 112 valence electrons. The highest BCUT2D eigenvalue weighted by atomic mass is 79.9. The van der Waals surface area contributed by atoms with Gasteiger partial charge in [0.05, 0.1) is 11.1 Å². The summed E-state index contributed by atoms with van der Waals surface area (Å²) in [5.74, 6) is -0.334. The van der Waals surface area contributed by atoms with E-state index >= 15 is 0 Å². The second-order valence-corrected chi connectivity index (χ2v) is 5.37. The molecule has 0 aliphatic carbocycles. The monoisotopic (exact) mass is 361 g/mol. The van der Waals surface area contributed by atoms with Crippen molar-refractivity contribution in [3.63, 3.8) is 0 Å². The summed E-state index contributed by atoms with van der Waals surface area (Å²) >= 11 is 3.36. The molecule has 0 aliphatic rings. The predicted octanol–water partition coefficient (Wildman–Crippen LogP) is 3.43. The standard InChI is InChI=1S/C15H12BrN3O3/c1-10-2-5-12(8-14(10)16)15(20)18-17-9-11-3-6-13(7-4-11)19(21)22/h2-9H,1H3,(H,18,20)/b17-9+. The average molecular weight is 362 g/mol. The molecule has 2 aromatic rings. The summed E-state index contributed by atoms with van der Waals surface area (Å²) in [6, 6.07) is 11.1. The van der Waals surface area contributed by atoms with Crippen molar-refractivity contribution in [2.75, 3.05) is 0 Å². The third kappa shape index (κ3) is 3.98. The van der Waals surface area contributed by atoms with Crippen molar-refractivity contribution >= 4 is 33.7 Å². The molecule has 22 heavy (non-hydrogen) atoms. The normalized spacial score (nSPS) is 10.6. The van der Waals surface area contributed by atoms with Gasteiger partial charge in [-0.3, -0.25) is 14.9 Å². The fourth-order valence-corrected chi connectivity index (χ4v) is 2.02. The molecular weight excluding hydrogens is 350 g/mol. The molecule has 0 unspecified atom stereocenters. The van der Waals surface area contributed by atoms with Gasteiger partial charge in [-0.2, -0.15) is 5.10 Å². The Hall–Kier alpha value is -2.54. The van der Waals surface area contributed by atoms with E-state index in [4.69, 9.17) is 0 Å². The second kappa shape index (κ2) is 6.95. The Balaban J connectivity index is 2.00. The second-order valence-electron chi connectivity index (χ2n) is 4.51. The van der Waals surface area contributed by atoms with E-state index in [1.165, 1.54) is 18.3 Å². The van der Waals surface area contributed by atoms with E-state index in [0.717, 1.165) is 10.0 Å². The number of nitrogens with one attached hydrogen (secondary N) is 1. The van der Waals surface area contributed by atoms with Crippen LogP contribution in [0.2, 0.25) is 0 Å². The van der Waals surface area contributed by atoms with Crippen LogP contribution in [0.25, 0.3) is 0 Å². The minimum absolute atomic E-state index is 0.00527. The number of aryl methyl sites for hydroxylation is 1. The lowest BCUT2D eigenvalue weighted by Gasteiger charge is -2.02. The van der Waals surface area contributed by atoms with Gasteiger partial charge in [0.2, 0.25) is 0 Å². The van der Waals surface area contributed by atoms with Crippen molar-refractivity contribution in [3.8, 4) is 0 Å². The highest BCUT2D eigenvalue weighted by Gasteiger charge is 2.06. The molecule has 0 saturated carbocycles. The molecule has 2 rings (SSSR count). The number of non-ortho nitro benzene ring substituents is 1. The van der Waals surface area contributed by atoms with Gasteiger partial charge < -0.3 is 0 Å². The van der Waals surface area contributed by atoms with Gasteiger partial charge in [-0.15, -0.1) is 0 Å². The van der Waals surface area contributed by atoms with Gasteiger partial charge >= 0.3 is 0 Å². The van der Waals surface area contributed by atoms with Gasteiger partial charge in [-0.25, -0.2) is 5.43 Å². The van der Waals surface area contributed by atoms with Crippen LogP contribution < -0.4 is 5.43 Å². The van der Waals surface area contributed by atoms with Crippen LogP contribution in [0, 0.1) is 17.0 Å². The van der Waals surface area contributed by atoms with Crippen LogP contribution in [0.15, 0.2) is 52.0 Å². The Labute approximate surface area is 135 Å². The predicted molar refractivity (Wildman–Crippen MR) is 87.0 cm³/mol. The number of carbonyl (C=O) groups excluding carboxylic acids is 1. The van der Waals surface area contributed by atoms with Gasteiger partial charge in [0, 0.05) is 22.2 Å². The van der Waals surface area contributed by atoms with Crippen molar-refractivity contribution in [2.45, 2.75) is 6.92 Å². The molecule has 0 heterocycles. The number of rotatable bonds is 4. The molecule has 0 bridgehead atoms. The average Bonchev–Trinajstić information content (AvgIpc) is 2.50. The van der Waals surface area contributed by atoms with Crippen LogP contribution >= 0.6 is 15.9 Å². The third-order valence-electron chi connectivity index (χ3n) is 2.92. The zero-order valence-corrected chi connectivity index (χ0v) is 13.2. The maximum absolute atomic E-state index is 11.9. The van der Waals surface area contributed by atoms with Gasteiger partial charge in [0.15, 0.2) is 0 Å². The molecule has 0 aromatic heterocycles. The van der Waals surface area contributed by atoms with E-state index in [-0.39, 0.29) is 11.6 Å². The maximum atomic E-state index is 11.9. The highest BCUT2D eigenvalue weighted by molar-refractivity contribution is 9.10. The summed E-state index contributed by atoms with van der Waals surface area (Å²) < 4.78 is 0.847. The Morgan fingerprint density at radius 1 is 1.27 bits per heavy atom. The molecule has 0 fully saturated rings. The lowest BCUT2D eigenvalue weighted by atomic mass is 10.1. The van der Waals surface area contributed by atoms with Crippen LogP contribution in [-0.4, -0.2) is 17.0 Å². The molecule has 0 saturated heterocycles. The first-order valence-corrected chi connectivity index (χ1v) is 7.10. The van der Waals surface area contributed by atoms with E-state index in [0.29, 0.717) is 11.1 Å². The number of nitrogens with zero attached hydrogens (tertiary/aromatic N) is 2. The van der Waals surface area contributed by atoms with E-state index in [1.807, 2.05) is 13.0 Å². The van der Waals surface area contributed by atoms with Gasteiger partial charge in [0.1, 0.15) is 0 Å². The van der Waals surface area contributed by atoms with Crippen LogP contribution in [-0.2, 0) is 0 Å². The fraction of sp³-hybridized carbons (Fsp3) is 0.0667. The van der Waals surface area contributed by atoms with Crippen molar-refractivity contribution < 1.29 is 9.72 Å². The van der Waals surface area contributed by atoms with Gasteiger partial charge in [-0.05, 0) is 42.3 Å². The fourth-order valence-electron chi connectivity index (χ4n) is 1.65. The maximum Gasteiger partial charge on any atom is 0.271 e. The zero-order chi connectivity index (χ0) is 16.1. The number of hydrogen-bond acceptors (Lipinski definition) is 4. The van der Waals surface area contributed by atoms with Gasteiger partial charge in [-0.1, -0.05) is 22.0 Å². The number of hydrogen-bond donors (Lipinski definition) is 1. The first kappa shape index (κ1) is 15.8. The topological polar surface area (TPSA) is 84.6 Å². The van der Waals surface area contributed by atoms with Crippen molar-refractivity contribution in [1.29, 1.82) is 0 Å². The Bertz CT molecular complexity index is 742. The molecule has 6 nitrogen and oxygen atoms in total. The van der Waals surface area contributed by atoms with Crippen molar-refractivity contribution in [3.05, 3.63) is 73.7 Å².